The number of carbonyl (C=O) groups excluding carboxylic acids is 1. The molecule has 1 saturated carbocycles. The van der Waals surface area contributed by atoms with E-state index in [9.17, 15) is 4.79 Å². The fourth-order valence-corrected chi connectivity index (χ4v) is 3.71. The zero-order chi connectivity index (χ0) is 16.3. The van der Waals surface area contributed by atoms with Crippen LogP contribution in [0.2, 0.25) is 0 Å². The predicted octanol–water partition coefficient (Wildman–Crippen LogP) is 3.58. The summed E-state index contributed by atoms with van der Waals surface area (Å²) in [5.74, 6) is 0.679. The van der Waals surface area contributed by atoms with Gasteiger partial charge in [0.05, 0.1) is 5.25 Å². The van der Waals surface area contributed by atoms with E-state index < -0.39 is 0 Å². The lowest BCUT2D eigenvalue weighted by Gasteiger charge is -2.30. The Morgan fingerprint density at radius 1 is 1.18 bits per heavy atom. The molecule has 1 aromatic heterocycles. The Hall–Kier alpha value is -1.10. The summed E-state index contributed by atoms with van der Waals surface area (Å²) in [6.45, 7) is 10.2. The summed E-state index contributed by atoms with van der Waals surface area (Å²) in [6.07, 6.45) is 4.82. The molecule has 0 unspecified atom stereocenters. The molecular formula is C17H27N3OS. The summed E-state index contributed by atoms with van der Waals surface area (Å²) >= 11 is 1.44. The first-order valence-corrected chi connectivity index (χ1v) is 9.05. The Morgan fingerprint density at radius 2 is 1.77 bits per heavy atom. The SMILES string of the molecule is Cc1nc(S[C@H](C)C(=O)N[C@H]2CCCC[C@@H]2C)nc(C)c1C. The summed E-state index contributed by atoms with van der Waals surface area (Å²) in [7, 11) is 0. The van der Waals surface area contributed by atoms with Gasteiger partial charge in [-0.3, -0.25) is 4.79 Å². The standard InChI is InChI=1S/C17H27N3OS/c1-10-8-6-7-9-15(10)20-16(21)14(5)22-17-18-12(3)11(2)13(4)19-17/h10,14-15H,6-9H2,1-5H3,(H,20,21)/t10-,14+,15-/m0/s1. The van der Waals surface area contributed by atoms with Crippen LogP contribution in [0.5, 0.6) is 0 Å². The van der Waals surface area contributed by atoms with Crippen LogP contribution in [0.15, 0.2) is 5.16 Å². The first-order valence-electron chi connectivity index (χ1n) is 8.17. The van der Waals surface area contributed by atoms with Crippen LogP contribution in [-0.4, -0.2) is 27.2 Å². The monoisotopic (exact) mass is 321 g/mol. The van der Waals surface area contributed by atoms with Crippen molar-refractivity contribution in [3.63, 3.8) is 0 Å². The van der Waals surface area contributed by atoms with Crippen LogP contribution in [-0.2, 0) is 4.79 Å². The molecule has 4 nitrogen and oxygen atoms in total. The van der Waals surface area contributed by atoms with Gasteiger partial charge in [0, 0.05) is 17.4 Å². The lowest BCUT2D eigenvalue weighted by Crippen LogP contribution is -2.44. The van der Waals surface area contributed by atoms with Crippen LogP contribution < -0.4 is 5.32 Å². The number of hydrogen-bond donors (Lipinski definition) is 1. The fraction of sp³-hybridized carbons (Fsp3) is 0.706. The van der Waals surface area contributed by atoms with Crippen molar-refractivity contribution >= 4 is 17.7 Å². The zero-order valence-corrected chi connectivity index (χ0v) is 15.1. The van der Waals surface area contributed by atoms with Gasteiger partial charge in [-0.05, 0) is 52.0 Å². The molecule has 22 heavy (non-hydrogen) atoms. The van der Waals surface area contributed by atoms with Crippen LogP contribution in [0, 0.1) is 26.7 Å². The summed E-state index contributed by atoms with van der Waals surface area (Å²) < 4.78 is 0. The van der Waals surface area contributed by atoms with Gasteiger partial charge in [-0.2, -0.15) is 0 Å². The van der Waals surface area contributed by atoms with E-state index in [0.29, 0.717) is 17.1 Å². The molecule has 0 aliphatic heterocycles. The molecule has 1 heterocycles. The van der Waals surface area contributed by atoms with Crippen molar-refractivity contribution in [3.05, 3.63) is 17.0 Å². The second-order valence-electron chi connectivity index (χ2n) is 6.44. The van der Waals surface area contributed by atoms with Crippen molar-refractivity contribution < 1.29 is 4.79 Å². The van der Waals surface area contributed by atoms with Gasteiger partial charge in [0.2, 0.25) is 5.91 Å². The number of hydrogen-bond acceptors (Lipinski definition) is 4. The summed E-state index contributed by atoms with van der Waals surface area (Å²) in [4.78, 5) is 21.4. The number of thioether (sulfide) groups is 1. The third-order valence-electron chi connectivity index (χ3n) is 4.70. The molecule has 0 bridgehead atoms. The lowest BCUT2D eigenvalue weighted by atomic mass is 9.86. The van der Waals surface area contributed by atoms with Crippen molar-refractivity contribution in [3.8, 4) is 0 Å². The van der Waals surface area contributed by atoms with Crippen molar-refractivity contribution in [1.29, 1.82) is 0 Å². The highest BCUT2D eigenvalue weighted by molar-refractivity contribution is 8.00. The molecule has 0 radical (unpaired) electrons. The van der Waals surface area contributed by atoms with Gasteiger partial charge < -0.3 is 5.32 Å². The van der Waals surface area contributed by atoms with E-state index in [0.717, 1.165) is 23.4 Å². The number of nitrogens with zero attached hydrogens (tertiary/aromatic N) is 2. The van der Waals surface area contributed by atoms with Crippen LogP contribution >= 0.6 is 11.8 Å². The number of aromatic nitrogens is 2. The smallest absolute Gasteiger partial charge is 0.233 e. The minimum absolute atomic E-state index is 0.100. The molecule has 1 N–H and O–H groups in total. The first-order chi connectivity index (χ1) is 10.4. The first kappa shape index (κ1) is 17.3. The summed E-state index contributed by atoms with van der Waals surface area (Å²) in [5.41, 5.74) is 3.10. The van der Waals surface area contributed by atoms with E-state index in [1.54, 1.807) is 0 Å². The molecule has 1 amide bonds. The predicted molar refractivity (Wildman–Crippen MR) is 91.1 cm³/mol. The minimum Gasteiger partial charge on any atom is -0.352 e. The molecule has 0 saturated heterocycles. The maximum atomic E-state index is 12.4. The molecule has 1 aromatic rings. The maximum absolute atomic E-state index is 12.4. The van der Waals surface area contributed by atoms with Gasteiger partial charge in [0.15, 0.2) is 5.16 Å². The molecule has 3 atom stereocenters. The Balaban J connectivity index is 1.96. The number of aryl methyl sites for hydroxylation is 2. The fourth-order valence-electron chi connectivity index (χ4n) is 2.84. The molecule has 1 fully saturated rings. The van der Waals surface area contributed by atoms with Crippen LogP contribution in [0.1, 0.15) is 56.5 Å². The zero-order valence-electron chi connectivity index (χ0n) is 14.3. The second-order valence-corrected chi connectivity index (χ2v) is 7.75. The average molecular weight is 321 g/mol. The highest BCUT2D eigenvalue weighted by atomic mass is 32.2. The van der Waals surface area contributed by atoms with E-state index in [4.69, 9.17) is 0 Å². The van der Waals surface area contributed by atoms with Gasteiger partial charge in [0.25, 0.3) is 0 Å². The minimum atomic E-state index is -0.171. The summed E-state index contributed by atoms with van der Waals surface area (Å²) in [5, 5.41) is 3.74. The highest BCUT2D eigenvalue weighted by Crippen LogP contribution is 2.26. The van der Waals surface area contributed by atoms with Crippen molar-refractivity contribution in [2.75, 3.05) is 0 Å². The maximum Gasteiger partial charge on any atom is 0.233 e. The largest absolute Gasteiger partial charge is 0.352 e. The third kappa shape index (κ3) is 4.22. The molecule has 0 spiro atoms. The Morgan fingerprint density at radius 3 is 2.36 bits per heavy atom. The van der Waals surface area contributed by atoms with Crippen LogP contribution in [0.3, 0.4) is 0 Å². The van der Waals surface area contributed by atoms with Crippen molar-refractivity contribution in [2.24, 2.45) is 5.92 Å². The molecule has 122 valence electrons. The molecule has 5 heteroatoms. The highest BCUT2D eigenvalue weighted by Gasteiger charge is 2.25. The van der Waals surface area contributed by atoms with Gasteiger partial charge in [-0.15, -0.1) is 0 Å². The van der Waals surface area contributed by atoms with Gasteiger partial charge in [-0.25, -0.2) is 9.97 Å². The average Bonchev–Trinajstić information content (AvgIpc) is 2.47. The molecule has 2 rings (SSSR count). The van der Waals surface area contributed by atoms with E-state index in [-0.39, 0.29) is 11.2 Å². The summed E-state index contributed by atoms with van der Waals surface area (Å²) in [6, 6.07) is 0.326. The van der Waals surface area contributed by atoms with Crippen LogP contribution in [0.4, 0.5) is 0 Å². The molecule has 0 aromatic carbocycles. The number of rotatable bonds is 4. The molecule has 1 aliphatic rings. The number of carbonyl (C=O) groups is 1. The van der Waals surface area contributed by atoms with Gasteiger partial charge >= 0.3 is 0 Å². The number of nitrogens with one attached hydrogen (secondary N) is 1. The quantitative estimate of drug-likeness (QED) is 0.680. The molecule has 1 aliphatic carbocycles. The second kappa shape index (κ2) is 7.44. The van der Waals surface area contributed by atoms with Gasteiger partial charge in [0.1, 0.15) is 0 Å². The topological polar surface area (TPSA) is 54.9 Å². The van der Waals surface area contributed by atoms with E-state index in [1.165, 1.54) is 31.0 Å². The lowest BCUT2D eigenvalue weighted by molar-refractivity contribution is -0.121. The van der Waals surface area contributed by atoms with Crippen molar-refractivity contribution in [1.82, 2.24) is 15.3 Å². The normalized spacial score (nSPS) is 23.1. The Labute approximate surface area is 137 Å². The van der Waals surface area contributed by atoms with E-state index in [2.05, 4.69) is 22.2 Å². The van der Waals surface area contributed by atoms with E-state index >= 15 is 0 Å². The van der Waals surface area contributed by atoms with E-state index in [1.807, 2.05) is 27.7 Å². The third-order valence-corrected chi connectivity index (χ3v) is 5.66. The number of amides is 1. The molecular weight excluding hydrogens is 294 g/mol. The Bertz CT molecular complexity index is 524. The Kier molecular flexibility index (Phi) is 5.84. The van der Waals surface area contributed by atoms with Crippen LogP contribution in [0.25, 0.3) is 0 Å². The van der Waals surface area contributed by atoms with Crippen molar-refractivity contribution in [2.45, 2.75) is 76.8 Å². The van der Waals surface area contributed by atoms with Gasteiger partial charge in [-0.1, -0.05) is 31.5 Å².